The molecular weight excluding hydrogens is 917 g/mol. The highest BCUT2D eigenvalue weighted by atomic mass is 15.2. The van der Waals surface area contributed by atoms with Crippen molar-refractivity contribution in [1.82, 2.24) is 0 Å². The molecule has 2 aliphatic heterocycles. The van der Waals surface area contributed by atoms with Gasteiger partial charge in [-0.3, -0.25) is 0 Å². The maximum Gasteiger partial charge on any atom is 0.0493 e. The highest BCUT2D eigenvalue weighted by Crippen LogP contribution is 2.53. The molecule has 0 spiro atoms. The third-order valence-corrected chi connectivity index (χ3v) is 16.3. The first-order valence-electron chi connectivity index (χ1n) is 26.8. The van der Waals surface area contributed by atoms with Crippen LogP contribution in [-0.2, 0) is 25.7 Å². The molecule has 2 heteroatoms. The van der Waals surface area contributed by atoms with Gasteiger partial charge in [-0.2, -0.15) is 0 Å². The van der Waals surface area contributed by atoms with Gasteiger partial charge in [-0.25, -0.2) is 0 Å². The number of hydrogen-bond acceptors (Lipinski definition) is 2. The summed E-state index contributed by atoms with van der Waals surface area (Å²) in [6.07, 6.45) is 3.92. The summed E-state index contributed by atoms with van der Waals surface area (Å²) < 4.78 is 0. The van der Waals surface area contributed by atoms with E-state index < -0.39 is 0 Å². The third-order valence-electron chi connectivity index (χ3n) is 16.3. The minimum Gasteiger partial charge on any atom is -0.310 e. The van der Waals surface area contributed by atoms with Gasteiger partial charge in [-0.1, -0.05) is 194 Å². The van der Waals surface area contributed by atoms with Gasteiger partial charge in [-0.05, 0) is 208 Å². The van der Waals surface area contributed by atoms with E-state index in [1.807, 2.05) is 0 Å². The summed E-state index contributed by atoms with van der Waals surface area (Å²) in [6.45, 7) is 0. The highest BCUT2D eigenvalue weighted by Gasteiger charge is 2.28. The molecule has 13 aromatic carbocycles. The molecule has 0 unspecified atom stereocenters. The summed E-state index contributed by atoms with van der Waals surface area (Å²) in [5.74, 6) is 0. The Morgan fingerprint density at radius 3 is 0.855 bits per heavy atom. The van der Waals surface area contributed by atoms with E-state index in [4.69, 9.17) is 0 Å². The molecule has 0 bridgehead atoms. The molecule has 2 heterocycles. The predicted molar refractivity (Wildman–Crippen MR) is 322 cm³/mol. The van der Waals surface area contributed by atoms with Crippen LogP contribution in [0.1, 0.15) is 22.3 Å². The van der Waals surface area contributed by atoms with Gasteiger partial charge in [0.05, 0.1) is 0 Å². The van der Waals surface area contributed by atoms with Crippen LogP contribution in [0.3, 0.4) is 0 Å². The van der Waals surface area contributed by atoms with E-state index in [9.17, 15) is 0 Å². The fourth-order valence-electron chi connectivity index (χ4n) is 12.8. The Kier molecular flexibility index (Phi) is 10.5. The smallest absolute Gasteiger partial charge is 0.0493 e. The van der Waals surface area contributed by atoms with Crippen LogP contribution in [-0.4, -0.2) is 0 Å². The van der Waals surface area contributed by atoms with E-state index in [-0.39, 0.29) is 0 Å². The van der Waals surface area contributed by atoms with Gasteiger partial charge in [0.2, 0.25) is 0 Å². The molecule has 0 aromatic heterocycles. The molecule has 0 saturated carbocycles. The fraction of sp³-hybridized carbons (Fsp3) is 0.0541. The number of rotatable bonds is 6. The molecular formula is C74H52N2. The van der Waals surface area contributed by atoms with E-state index in [0.29, 0.717) is 0 Å². The molecule has 76 heavy (non-hydrogen) atoms. The first-order chi connectivity index (χ1) is 37.7. The number of nitrogens with zero attached hydrogens (tertiary/aromatic N) is 2. The summed E-state index contributed by atoms with van der Waals surface area (Å²) in [6, 6.07) is 100. The Morgan fingerprint density at radius 2 is 0.513 bits per heavy atom. The SMILES string of the molecule is c1ccc(-c2cc3ccccc3cc2-c2c3ccc(N4c5ccccc5CCc5ccccc54)cc3c(-c3cc4ccccc4cc3-c3ccccc3)c3ccc(N4c5ccccc5CCc5ccccc54)cc23)cc1. The van der Waals surface area contributed by atoms with Gasteiger partial charge in [0.25, 0.3) is 0 Å². The zero-order valence-corrected chi connectivity index (χ0v) is 42.1. The highest BCUT2D eigenvalue weighted by molar-refractivity contribution is 6.25. The lowest BCUT2D eigenvalue weighted by Gasteiger charge is -2.30. The second kappa shape index (κ2) is 18.2. The lowest BCUT2D eigenvalue weighted by molar-refractivity contribution is 0.977. The van der Waals surface area contributed by atoms with Crippen LogP contribution in [0.4, 0.5) is 34.1 Å². The van der Waals surface area contributed by atoms with Crippen LogP contribution >= 0.6 is 0 Å². The normalized spacial score (nSPS) is 13.0. The van der Waals surface area contributed by atoms with Crippen LogP contribution in [0.2, 0.25) is 0 Å². The van der Waals surface area contributed by atoms with Crippen LogP contribution < -0.4 is 9.80 Å². The van der Waals surface area contributed by atoms with E-state index in [2.05, 4.69) is 277 Å². The van der Waals surface area contributed by atoms with Crippen molar-refractivity contribution < 1.29 is 0 Å². The zero-order chi connectivity index (χ0) is 50.1. The van der Waals surface area contributed by atoms with Crippen LogP contribution in [0, 0.1) is 0 Å². The van der Waals surface area contributed by atoms with Gasteiger partial charge >= 0.3 is 0 Å². The Morgan fingerprint density at radius 1 is 0.224 bits per heavy atom. The molecule has 0 radical (unpaired) electrons. The van der Waals surface area contributed by atoms with E-state index in [1.165, 1.54) is 133 Å². The van der Waals surface area contributed by atoms with Crippen molar-refractivity contribution in [1.29, 1.82) is 0 Å². The average Bonchev–Trinajstić information content (AvgIpc) is 3.80. The van der Waals surface area contributed by atoms with Crippen molar-refractivity contribution in [2.45, 2.75) is 25.7 Å². The molecule has 0 saturated heterocycles. The summed E-state index contributed by atoms with van der Waals surface area (Å²) in [7, 11) is 0. The Bertz CT molecular complexity index is 4040. The van der Waals surface area contributed by atoms with E-state index >= 15 is 0 Å². The molecule has 0 amide bonds. The Labute approximate surface area is 444 Å². The van der Waals surface area contributed by atoms with Gasteiger partial charge in [0.15, 0.2) is 0 Å². The van der Waals surface area contributed by atoms with Crippen molar-refractivity contribution in [2.24, 2.45) is 0 Å². The van der Waals surface area contributed by atoms with Gasteiger partial charge in [0.1, 0.15) is 0 Å². The summed E-state index contributed by atoms with van der Waals surface area (Å²) in [4.78, 5) is 5.07. The third kappa shape index (κ3) is 7.32. The zero-order valence-electron chi connectivity index (χ0n) is 42.1. The number of hydrogen-bond donors (Lipinski definition) is 0. The molecule has 0 aliphatic carbocycles. The second-order valence-electron chi connectivity index (χ2n) is 20.6. The molecule has 358 valence electrons. The first kappa shape index (κ1) is 44.0. The van der Waals surface area contributed by atoms with E-state index in [0.717, 1.165) is 37.1 Å². The Hall–Kier alpha value is -9.50. The average molecular weight is 969 g/mol. The van der Waals surface area contributed by atoms with Crippen LogP contribution in [0.5, 0.6) is 0 Å². The van der Waals surface area contributed by atoms with Crippen LogP contribution in [0.25, 0.3) is 87.6 Å². The summed E-state index contributed by atoms with van der Waals surface area (Å²) in [5, 5.41) is 9.69. The molecule has 13 aromatic rings. The van der Waals surface area contributed by atoms with Gasteiger partial charge in [0, 0.05) is 34.1 Å². The molecule has 0 fully saturated rings. The second-order valence-corrected chi connectivity index (χ2v) is 20.6. The number of para-hydroxylation sites is 4. The Balaban J connectivity index is 1.13. The maximum absolute atomic E-state index is 2.53. The number of anilines is 6. The molecule has 0 atom stereocenters. The van der Waals surface area contributed by atoms with Gasteiger partial charge in [-0.15, -0.1) is 0 Å². The van der Waals surface area contributed by atoms with Crippen molar-refractivity contribution >= 4 is 77.2 Å². The van der Waals surface area contributed by atoms with Crippen molar-refractivity contribution in [3.8, 4) is 44.5 Å². The molecule has 15 rings (SSSR count). The number of aryl methyl sites for hydroxylation is 4. The molecule has 0 N–H and O–H groups in total. The minimum atomic E-state index is 0.980. The van der Waals surface area contributed by atoms with Crippen molar-refractivity contribution in [3.05, 3.63) is 289 Å². The standard InChI is InChI=1S/C74H52N2/c1-3-19-49(20-4-1)63-43-55-27-7-9-29-57(55)45-65(63)73-61-41-39-60(76-71-33-17-13-25-53(71)37-38-54-26-14-18-34-72(54)76)48-68(61)74(66-46-58-30-10-8-28-56(58)44-64(66)50-21-5-2-6-22-50)62-42-40-59(47-67(62)73)75-69-31-15-11-23-51(69)35-36-52-24-12-16-32-70(52)75/h1-34,39-48H,35-38H2. The largest absolute Gasteiger partial charge is 0.310 e. The van der Waals surface area contributed by atoms with E-state index in [1.54, 1.807) is 0 Å². The lowest BCUT2D eigenvalue weighted by atomic mass is 9.81. The number of fused-ring (bicyclic) bond motifs is 8. The monoisotopic (exact) mass is 968 g/mol. The quantitative estimate of drug-likeness (QED) is 0.153. The lowest BCUT2D eigenvalue weighted by Crippen LogP contribution is -2.12. The van der Waals surface area contributed by atoms with Crippen molar-refractivity contribution in [3.63, 3.8) is 0 Å². The fourth-order valence-corrected chi connectivity index (χ4v) is 12.8. The number of benzene rings is 13. The maximum atomic E-state index is 2.53. The predicted octanol–water partition coefficient (Wildman–Crippen LogP) is 20.1. The van der Waals surface area contributed by atoms with Gasteiger partial charge < -0.3 is 9.80 Å². The first-order valence-corrected chi connectivity index (χ1v) is 26.8. The topological polar surface area (TPSA) is 6.48 Å². The minimum absolute atomic E-state index is 0.980. The summed E-state index contributed by atoms with van der Waals surface area (Å²) >= 11 is 0. The molecule has 2 aliphatic rings. The van der Waals surface area contributed by atoms with Crippen molar-refractivity contribution in [2.75, 3.05) is 9.80 Å². The summed E-state index contributed by atoms with van der Waals surface area (Å²) in [5.41, 5.74) is 22.3. The molecule has 2 nitrogen and oxygen atoms in total. The van der Waals surface area contributed by atoms with Crippen LogP contribution in [0.15, 0.2) is 267 Å².